The second-order valence-corrected chi connectivity index (χ2v) is 8.33. The third-order valence-electron chi connectivity index (χ3n) is 5.70. The van der Waals surface area contributed by atoms with Gasteiger partial charge in [0.25, 0.3) is 0 Å². The van der Waals surface area contributed by atoms with Crippen LogP contribution in [0.25, 0.3) is 11.4 Å². The smallest absolute Gasteiger partial charge is 0.219 e. The third kappa shape index (κ3) is 5.09. The summed E-state index contributed by atoms with van der Waals surface area (Å²) in [5, 5.41) is 0.710. The fraction of sp³-hybridized carbons (Fsp3) is 0.320. The summed E-state index contributed by atoms with van der Waals surface area (Å²) in [5.41, 5.74) is 4.02. The fourth-order valence-corrected chi connectivity index (χ4v) is 4.10. The maximum absolute atomic E-state index is 11.8. The van der Waals surface area contributed by atoms with Gasteiger partial charge in [0.1, 0.15) is 5.82 Å². The number of rotatable bonds is 6. The van der Waals surface area contributed by atoms with Gasteiger partial charge in [-0.3, -0.25) is 4.79 Å². The molecule has 0 radical (unpaired) electrons. The van der Waals surface area contributed by atoms with Gasteiger partial charge in [-0.2, -0.15) is 0 Å². The van der Waals surface area contributed by atoms with E-state index in [0.29, 0.717) is 37.0 Å². The van der Waals surface area contributed by atoms with Gasteiger partial charge >= 0.3 is 0 Å². The van der Waals surface area contributed by atoms with Gasteiger partial charge in [-0.05, 0) is 17.7 Å². The Morgan fingerprint density at radius 3 is 2.31 bits per heavy atom. The van der Waals surface area contributed by atoms with Crippen molar-refractivity contribution in [1.82, 2.24) is 14.9 Å². The molecule has 1 aliphatic rings. The molecule has 0 spiro atoms. The summed E-state index contributed by atoms with van der Waals surface area (Å²) in [4.78, 5) is 25.9. The number of anilines is 1. The minimum Gasteiger partial charge on any atom is -0.378 e. The summed E-state index contributed by atoms with van der Waals surface area (Å²) in [6.45, 7) is 4.83. The predicted octanol–water partition coefficient (Wildman–Crippen LogP) is 4.20. The minimum atomic E-state index is 0.110. The van der Waals surface area contributed by atoms with E-state index >= 15 is 0 Å². The molecule has 0 unspecified atom stereocenters. The molecule has 4 rings (SSSR count). The Bertz CT molecular complexity index is 1070. The molecule has 1 aliphatic heterocycles. The number of carbonyl (C=O) groups is 1. The number of nitrogens with zero attached hydrogens (tertiary/aromatic N) is 4. The van der Waals surface area contributed by atoms with Crippen molar-refractivity contribution >= 4 is 23.3 Å². The molecule has 6 nitrogen and oxygen atoms in total. The van der Waals surface area contributed by atoms with E-state index in [4.69, 9.17) is 26.3 Å². The van der Waals surface area contributed by atoms with Gasteiger partial charge in [0, 0.05) is 62.8 Å². The van der Waals surface area contributed by atoms with Crippen LogP contribution in [0.3, 0.4) is 0 Å². The first kappa shape index (κ1) is 22.2. The SMILES string of the molecule is COCc1nc(-c2ccccc2)nc(N2CCN(C(C)=O)CC2)c1Cc1ccc(Cl)cc1. The molecular formula is C25H27ClN4O2. The summed E-state index contributed by atoms with van der Waals surface area (Å²) in [7, 11) is 1.68. The second-order valence-electron chi connectivity index (χ2n) is 7.89. The van der Waals surface area contributed by atoms with Crippen molar-refractivity contribution < 1.29 is 9.53 Å². The van der Waals surface area contributed by atoms with E-state index < -0.39 is 0 Å². The van der Waals surface area contributed by atoms with Crippen molar-refractivity contribution in [3.05, 3.63) is 76.4 Å². The Hall–Kier alpha value is -2.96. The van der Waals surface area contributed by atoms with Crippen molar-refractivity contribution in [3.8, 4) is 11.4 Å². The van der Waals surface area contributed by atoms with Crippen LogP contribution in [0, 0.1) is 0 Å². The van der Waals surface area contributed by atoms with E-state index in [2.05, 4.69) is 4.90 Å². The van der Waals surface area contributed by atoms with Crippen LogP contribution >= 0.6 is 11.6 Å². The van der Waals surface area contributed by atoms with E-state index in [0.717, 1.165) is 41.3 Å². The monoisotopic (exact) mass is 450 g/mol. The van der Waals surface area contributed by atoms with Crippen molar-refractivity contribution in [2.75, 3.05) is 38.2 Å². The van der Waals surface area contributed by atoms with Crippen LogP contribution in [0.1, 0.15) is 23.7 Å². The number of amides is 1. The summed E-state index contributed by atoms with van der Waals surface area (Å²) in [5.74, 6) is 1.70. The van der Waals surface area contributed by atoms with Crippen LogP contribution in [0.15, 0.2) is 54.6 Å². The number of halogens is 1. The highest BCUT2D eigenvalue weighted by molar-refractivity contribution is 6.30. The zero-order chi connectivity index (χ0) is 22.5. The number of hydrogen-bond donors (Lipinski definition) is 0. The third-order valence-corrected chi connectivity index (χ3v) is 5.95. The summed E-state index contributed by atoms with van der Waals surface area (Å²) in [6.07, 6.45) is 0.674. The van der Waals surface area contributed by atoms with Crippen molar-refractivity contribution in [1.29, 1.82) is 0 Å². The second kappa shape index (κ2) is 10.1. The molecule has 166 valence electrons. The number of ether oxygens (including phenoxy) is 1. The summed E-state index contributed by atoms with van der Waals surface area (Å²) >= 11 is 6.09. The molecule has 1 saturated heterocycles. The van der Waals surface area contributed by atoms with Crippen molar-refractivity contribution in [3.63, 3.8) is 0 Å². The van der Waals surface area contributed by atoms with E-state index in [1.807, 2.05) is 59.5 Å². The Kier molecular flexibility index (Phi) is 7.02. The molecule has 3 aromatic rings. The predicted molar refractivity (Wildman–Crippen MR) is 127 cm³/mol. The number of piperazine rings is 1. The first-order valence-corrected chi connectivity index (χ1v) is 11.1. The Labute approximate surface area is 193 Å². The lowest BCUT2D eigenvalue weighted by atomic mass is 10.0. The lowest BCUT2D eigenvalue weighted by molar-refractivity contribution is -0.129. The Morgan fingerprint density at radius 2 is 1.69 bits per heavy atom. The Balaban J connectivity index is 1.78. The maximum atomic E-state index is 11.8. The minimum absolute atomic E-state index is 0.110. The molecular weight excluding hydrogens is 424 g/mol. The molecule has 0 bridgehead atoms. The number of carbonyl (C=O) groups excluding carboxylic acids is 1. The van der Waals surface area contributed by atoms with Gasteiger partial charge in [0.2, 0.25) is 5.91 Å². The average molecular weight is 451 g/mol. The molecule has 1 fully saturated rings. The van der Waals surface area contributed by atoms with Crippen LogP contribution in [0.5, 0.6) is 0 Å². The van der Waals surface area contributed by atoms with Gasteiger partial charge in [-0.25, -0.2) is 9.97 Å². The molecule has 2 heterocycles. The zero-order valence-electron chi connectivity index (χ0n) is 18.4. The van der Waals surface area contributed by atoms with Crippen molar-refractivity contribution in [2.24, 2.45) is 0 Å². The van der Waals surface area contributed by atoms with Crippen LogP contribution in [0.2, 0.25) is 5.02 Å². The standard InChI is InChI=1S/C25H27ClN4O2/c1-18(31)29-12-14-30(15-13-29)25-22(16-19-8-10-21(26)11-9-19)23(17-32-2)27-24(28-25)20-6-4-3-5-7-20/h3-11H,12-17H2,1-2H3. The van der Waals surface area contributed by atoms with Gasteiger partial charge in [0.05, 0.1) is 12.3 Å². The Morgan fingerprint density at radius 1 is 1.00 bits per heavy atom. The lowest BCUT2D eigenvalue weighted by Gasteiger charge is -2.36. The highest BCUT2D eigenvalue weighted by Gasteiger charge is 2.25. The normalized spacial score (nSPS) is 14.0. The highest BCUT2D eigenvalue weighted by atomic mass is 35.5. The van der Waals surface area contributed by atoms with Crippen LogP contribution in [-0.2, 0) is 22.6 Å². The molecule has 0 atom stereocenters. The quantitative estimate of drug-likeness (QED) is 0.563. The first-order valence-electron chi connectivity index (χ1n) is 10.7. The molecule has 0 aliphatic carbocycles. The molecule has 0 N–H and O–H groups in total. The molecule has 2 aromatic carbocycles. The van der Waals surface area contributed by atoms with E-state index in [-0.39, 0.29) is 5.91 Å². The molecule has 0 saturated carbocycles. The lowest BCUT2D eigenvalue weighted by Crippen LogP contribution is -2.48. The van der Waals surface area contributed by atoms with Gasteiger partial charge in [-0.1, -0.05) is 54.1 Å². The number of aromatic nitrogens is 2. The molecule has 1 amide bonds. The van der Waals surface area contributed by atoms with Gasteiger partial charge < -0.3 is 14.5 Å². The van der Waals surface area contributed by atoms with E-state index in [9.17, 15) is 4.79 Å². The number of benzene rings is 2. The summed E-state index contributed by atoms with van der Waals surface area (Å²) in [6, 6.07) is 17.8. The topological polar surface area (TPSA) is 58.6 Å². The van der Waals surface area contributed by atoms with E-state index in [1.165, 1.54) is 0 Å². The highest BCUT2D eigenvalue weighted by Crippen LogP contribution is 2.29. The average Bonchev–Trinajstić information content (AvgIpc) is 2.82. The molecule has 32 heavy (non-hydrogen) atoms. The fourth-order valence-electron chi connectivity index (χ4n) is 3.97. The maximum Gasteiger partial charge on any atom is 0.219 e. The van der Waals surface area contributed by atoms with Crippen LogP contribution in [-0.4, -0.2) is 54.1 Å². The van der Waals surface area contributed by atoms with Gasteiger partial charge in [-0.15, -0.1) is 0 Å². The van der Waals surface area contributed by atoms with Crippen LogP contribution < -0.4 is 4.90 Å². The number of hydrogen-bond acceptors (Lipinski definition) is 5. The zero-order valence-corrected chi connectivity index (χ0v) is 19.2. The molecule has 7 heteroatoms. The first-order chi connectivity index (χ1) is 15.5. The van der Waals surface area contributed by atoms with Crippen molar-refractivity contribution in [2.45, 2.75) is 20.0 Å². The number of methoxy groups -OCH3 is 1. The van der Waals surface area contributed by atoms with Gasteiger partial charge in [0.15, 0.2) is 5.82 Å². The summed E-state index contributed by atoms with van der Waals surface area (Å²) < 4.78 is 5.52. The van der Waals surface area contributed by atoms with Crippen LogP contribution in [0.4, 0.5) is 5.82 Å². The van der Waals surface area contributed by atoms with E-state index in [1.54, 1.807) is 14.0 Å². The molecule has 1 aromatic heterocycles. The largest absolute Gasteiger partial charge is 0.378 e.